The summed E-state index contributed by atoms with van der Waals surface area (Å²) in [6.07, 6.45) is 1.42. The molecule has 2 N–H and O–H groups in total. The smallest absolute Gasteiger partial charge is 0.269 e. The van der Waals surface area contributed by atoms with Crippen molar-refractivity contribution in [1.29, 1.82) is 0 Å². The van der Waals surface area contributed by atoms with E-state index in [4.69, 9.17) is 10.5 Å². The van der Waals surface area contributed by atoms with E-state index in [1.54, 1.807) is 12.1 Å². The zero-order valence-corrected chi connectivity index (χ0v) is 8.10. The van der Waals surface area contributed by atoms with Crippen molar-refractivity contribution < 1.29 is 14.3 Å². The average Bonchev–Trinajstić information content (AvgIpc) is 2.28. The van der Waals surface area contributed by atoms with Gasteiger partial charge in [-0.2, -0.15) is 0 Å². The minimum Gasteiger partial charge on any atom is -0.470 e. The number of aldehydes is 1. The van der Waals surface area contributed by atoms with Gasteiger partial charge in [-0.15, -0.1) is 0 Å². The summed E-state index contributed by atoms with van der Waals surface area (Å²) in [4.78, 5) is 22.1. The number of nitrogens with two attached hydrogens (primary N) is 1. The van der Waals surface area contributed by atoms with Crippen molar-refractivity contribution in [2.24, 2.45) is 5.73 Å². The second kappa shape index (κ2) is 3.38. The molecule has 0 aromatic heterocycles. The van der Waals surface area contributed by atoms with Crippen molar-refractivity contribution in [1.82, 2.24) is 0 Å². The number of aryl methyl sites for hydroxylation is 1. The summed E-state index contributed by atoms with van der Waals surface area (Å²) in [5.41, 5.74) is 4.69. The number of amides is 1. The highest BCUT2D eigenvalue weighted by Gasteiger charge is 2.41. The van der Waals surface area contributed by atoms with Crippen molar-refractivity contribution in [3.05, 3.63) is 29.8 Å². The number of ether oxygens (including phenoxy) is 1. The Bertz CT molecular complexity index is 416. The predicted octanol–water partition coefficient (Wildman–Crippen LogP) is 0.435. The quantitative estimate of drug-likeness (QED) is 0.562. The van der Waals surface area contributed by atoms with Crippen LogP contribution in [0.1, 0.15) is 12.0 Å². The van der Waals surface area contributed by atoms with Crippen LogP contribution in [0.3, 0.4) is 0 Å². The molecule has 0 spiro atoms. The molecular weight excluding hydrogens is 194 g/mol. The molecule has 0 bridgehead atoms. The molecule has 0 saturated carbocycles. The van der Waals surface area contributed by atoms with Gasteiger partial charge in [0.15, 0.2) is 6.29 Å². The fourth-order valence-electron chi connectivity index (χ4n) is 1.69. The SMILES string of the molecule is NC(=O)C1(C=O)CCc2ccccc2O1. The lowest BCUT2D eigenvalue weighted by molar-refractivity contribution is -0.141. The van der Waals surface area contributed by atoms with Crippen molar-refractivity contribution >= 4 is 12.2 Å². The number of fused-ring (bicyclic) bond motifs is 1. The summed E-state index contributed by atoms with van der Waals surface area (Å²) in [6.45, 7) is 0. The van der Waals surface area contributed by atoms with Crippen LogP contribution in [0.4, 0.5) is 0 Å². The first-order valence-electron chi connectivity index (χ1n) is 4.71. The molecule has 1 amide bonds. The van der Waals surface area contributed by atoms with Crippen LogP contribution in [0, 0.1) is 0 Å². The molecule has 4 nitrogen and oxygen atoms in total. The third-order valence-corrected chi connectivity index (χ3v) is 2.64. The topological polar surface area (TPSA) is 69.4 Å². The van der Waals surface area contributed by atoms with Gasteiger partial charge in [-0.3, -0.25) is 9.59 Å². The Hall–Kier alpha value is -1.84. The predicted molar refractivity (Wildman–Crippen MR) is 53.4 cm³/mol. The molecule has 1 aliphatic heterocycles. The van der Waals surface area contributed by atoms with E-state index in [0.29, 0.717) is 24.9 Å². The maximum absolute atomic E-state index is 11.2. The van der Waals surface area contributed by atoms with Crippen LogP contribution in [-0.2, 0) is 16.0 Å². The summed E-state index contributed by atoms with van der Waals surface area (Å²) in [5.74, 6) is -0.165. The van der Waals surface area contributed by atoms with Crippen molar-refractivity contribution in [3.8, 4) is 5.75 Å². The molecule has 1 unspecified atom stereocenters. The fraction of sp³-hybridized carbons (Fsp3) is 0.273. The molecule has 0 aliphatic carbocycles. The van der Waals surface area contributed by atoms with Crippen molar-refractivity contribution in [2.45, 2.75) is 18.4 Å². The number of carbonyl (C=O) groups excluding carboxylic acids is 2. The van der Waals surface area contributed by atoms with Gasteiger partial charge in [0.25, 0.3) is 5.91 Å². The van der Waals surface area contributed by atoms with Gasteiger partial charge in [-0.25, -0.2) is 0 Å². The number of rotatable bonds is 2. The molecule has 0 radical (unpaired) electrons. The number of carbonyl (C=O) groups is 2. The van der Waals surface area contributed by atoms with Gasteiger partial charge in [-0.05, 0) is 18.1 Å². The van der Waals surface area contributed by atoms with E-state index in [-0.39, 0.29) is 0 Å². The Morgan fingerprint density at radius 2 is 2.20 bits per heavy atom. The minimum absolute atomic E-state index is 0.308. The van der Waals surface area contributed by atoms with E-state index in [1.165, 1.54) is 0 Å². The highest BCUT2D eigenvalue weighted by molar-refractivity contribution is 6.00. The van der Waals surface area contributed by atoms with Crippen LogP contribution < -0.4 is 10.5 Å². The van der Waals surface area contributed by atoms with Gasteiger partial charge >= 0.3 is 0 Å². The average molecular weight is 205 g/mol. The molecule has 78 valence electrons. The summed E-state index contributed by atoms with van der Waals surface area (Å²) < 4.78 is 5.39. The first-order valence-corrected chi connectivity index (χ1v) is 4.71. The third kappa shape index (κ3) is 1.48. The first-order chi connectivity index (χ1) is 7.18. The van der Waals surface area contributed by atoms with E-state index in [1.807, 2.05) is 12.1 Å². The Labute approximate surface area is 87.0 Å². The number of hydrogen-bond donors (Lipinski definition) is 1. The molecule has 1 atom stereocenters. The van der Waals surface area contributed by atoms with E-state index in [0.717, 1.165) is 5.56 Å². The molecule has 1 aromatic carbocycles. The van der Waals surface area contributed by atoms with E-state index in [9.17, 15) is 9.59 Å². The maximum atomic E-state index is 11.2. The Balaban J connectivity index is 2.39. The van der Waals surface area contributed by atoms with Crippen LogP contribution in [0.5, 0.6) is 5.75 Å². The normalized spacial score (nSPS) is 23.7. The lowest BCUT2D eigenvalue weighted by atomic mass is 9.91. The van der Waals surface area contributed by atoms with Crippen LogP contribution in [0.2, 0.25) is 0 Å². The van der Waals surface area contributed by atoms with Crippen LogP contribution in [0.15, 0.2) is 24.3 Å². The highest BCUT2D eigenvalue weighted by Crippen LogP contribution is 2.31. The Kier molecular flexibility index (Phi) is 2.19. The number of hydrogen-bond acceptors (Lipinski definition) is 3. The van der Waals surface area contributed by atoms with Crippen molar-refractivity contribution in [2.75, 3.05) is 0 Å². The van der Waals surface area contributed by atoms with Gasteiger partial charge in [0.1, 0.15) is 5.75 Å². The summed E-state index contributed by atoms with van der Waals surface area (Å²) >= 11 is 0. The molecule has 15 heavy (non-hydrogen) atoms. The van der Waals surface area contributed by atoms with Gasteiger partial charge in [0, 0.05) is 6.42 Å². The number of para-hydroxylation sites is 1. The molecular formula is C11H11NO3. The minimum atomic E-state index is -1.48. The third-order valence-electron chi connectivity index (χ3n) is 2.64. The lowest BCUT2D eigenvalue weighted by Crippen LogP contribution is -2.52. The molecule has 1 heterocycles. The van der Waals surface area contributed by atoms with Gasteiger partial charge in [0.05, 0.1) is 0 Å². The lowest BCUT2D eigenvalue weighted by Gasteiger charge is -2.31. The standard InChI is InChI=1S/C11H11NO3/c12-10(14)11(7-13)6-5-8-3-1-2-4-9(8)15-11/h1-4,7H,5-6H2,(H2,12,14). The van der Waals surface area contributed by atoms with Crippen LogP contribution >= 0.6 is 0 Å². The molecule has 0 saturated heterocycles. The second-order valence-corrected chi connectivity index (χ2v) is 3.58. The number of benzene rings is 1. The Morgan fingerprint density at radius 3 is 2.87 bits per heavy atom. The summed E-state index contributed by atoms with van der Waals surface area (Å²) in [5, 5.41) is 0. The largest absolute Gasteiger partial charge is 0.470 e. The van der Waals surface area contributed by atoms with Crippen molar-refractivity contribution in [3.63, 3.8) is 0 Å². The molecule has 1 aliphatic rings. The summed E-state index contributed by atoms with van der Waals surface area (Å²) in [7, 11) is 0. The van der Waals surface area contributed by atoms with E-state index >= 15 is 0 Å². The maximum Gasteiger partial charge on any atom is 0.269 e. The van der Waals surface area contributed by atoms with E-state index in [2.05, 4.69) is 0 Å². The highest BCUT2D eigenvalue weighted by atomic mass is 16.5. The van der Waals surface area contributed by atoms with Gasteiger partial charge < -0.3 is 10.5 Å². The second-order valence-electron chi connectivity index (χ2n) is 3.58. The fourth-order valence-corrected chi connectivity index (χ4v) is 1.69. The van der Waals surface area contributed by atoms with Crippen LogP contribution in [-0.4, -0.2) is 17.8 Å². The number of primary amides is 1. The zero-order chi connectivity index (χ0) is 10.9. The molecule has 2 rings (SSSR count). The van der Waals surface area contributed by atoms with Gasteiger partial charge in [0.2, 0.25) is 5.60 Å². The zero-order valence-electron chi connectivity index (χ0n) is 8.10. The van der Waals surface area contributed by atoms with Crippen LogP contribution in [0.25, 0.3) is 0 Å². The van der Waals surface area contributed by atoms with E-state index < -0.39 is 11.5 Å². The molecule has 4 heteroatoms. The monoisotopic (exact) mass is 205 g/mol. The first kappa shape index (κ1) is 9.71. The Morgan fingerprint density at radius 1 is 1.47 bits per heavy atom. The molecule has 0 fully saturated rings. The molecule has 1 aromatic rings. The van der Waals surface area contributed by atoms with Gasteiger partial charge in [-0.1, -0.05) is 18.2 Å². The summed E-state index contributed by atoms with van der Waals surface area (Å²) in [6, 6.07) is 7.32.